The molecule has 0 spiro atoms. The second-order valence-electron chi connectivity index (χ2n) is 24.7. The predicted molar refractivity (Wildman–Crippen MR) is 366 cm³/mol. The number of carbonyl (C=O) groups excluding carboxylic acids is 2. The van der Waals surface area contributed by atoms with Crippen LogP contribution in [0.15, 0.2) is 85.1 Å². The van der Waals surface area contributed by atoms with Gasteiger partial charge in [-0.1, -0.05) is 381 Å². The molecular weight excluding hydrogens is 1020 g/mol. The Bertz CT molecular complexity index is 1500. The standard InChI is InChI=1S/C78H140O5/c1-3-5-7-9-11-13-15-17-19-21-23-25-27-29-31-33-35-37-38-39-40-41-43-45-47-49-51-53-55-57-59-61-63-65-67-69-71-73-78(81)83-76(74-79)75-82-77(80)72-70-68-66-64-62-60-58-56-54-52-50-48-46-44-42-36-34-32-30-28-26-24-22-20-18-16-14-12-10-8-6-4-2/h5,7,11,13,17,19,23,25,29,31,35,37,39-40,76,79H,3-4,6,8-10,12,14-16,18,20-22,24,26-28,30,32-34,36,38,41-75H2,1-2H3/b7-5-,13-11-,19-17-,25-23-,31-29-,37-35-,40-39-. The zero-order chi connectivity index (χ0) is 59.8. The molecule has 0 aromatic heterocycles. The lowest BCUT2D eigenvalue weighted by molar-refractivity contribution is -0.161. The second-order valence-corrected chi connectivity index (χ2v) is 24.7. The first-order chi connectivity index (χ1) is 41.1. The third kappa shape index (κ3) is 71.5. The number of aliphatic hydroxyl groups is 1. The fraction of sp³-hybridized carbons (Fsp3) is 0.795. The molecule has 1 N–H and O–H groups in total. The SMILES string of the molecule is CC/C=C\C/C=C\C/C=C\C/C=C\C/C=C\C/C=C\C/C=C\CCCCCCCCCCCCCCCCCC(=O)OC(CO)COC(=O)CCCCCCCCCCCCCCCCCCCCCCCCCCCCCCCCCC. The van der Waals surface area contributed by atoms with Crippen molar-refractivity contribution < 1.29 is 24.2 Å². The van der Waals surface area contributed by atoms with Crippen LogP contribution in [0.1, 0.15) is 380 Å². The van der Waals surface area contributed by atoms with Crippen molar-refractivity contribution in [3.05, 3.63) is 85.1 Å². The minimum Gasteiger partial charge on any atom is -0.462 e. The Kier molecular flexibility index (Phi) is 70.8. The van der Waals surface area contributed by atoms with Gasteiger partial charge in [0.1, 0.15) is 6.61 Å². The van der Waals surface area contributed by atoms with Crippen LogP contribution in [0.2, 0.25) is 0 Å². The molecule has 5 heteroatoms. The number of unbranched alkanes of at least 4 members (excludes halogenated alkanes) is 46. The minimum absolute atomic E-state index is 0.0630. The first-order valence-corrected chi connectivity index (χ1v) is 36.6. The molecule has 0 radical (unpaired) electrons. The quantitative estimate of drug-likeness (QED) is 0.0373. The molecule has 1 atom stereocenters. The van der Waals surface area contributed by atoms with Gasteiger partial charge in [-0.3, -0.25) is 9.59 Å². The van der Waals surface area contributed by atoms with Crippen molar-refractivity contribution in [1.82, 2.24) is 0 Å². The summed E-state index contributed by atoms with van der Waals surface area (Å²) < 4.78 is 10.8. The number of carbonyl (C=O) groups is 2. The first-order valence-electron chi connectivity index (χ1n) is 36.6. The Hall–Kier alpha value is -2.92. The third-order valence-corrected chi connectivity index (χ3v) is 16.5. The van der Waals surface area contributed by atoms with E-state index >= 15 is 0 Å². The molecule has 482 valence electrons. The molecule has 0 saturated heterocycles. The highest BCUT2D eigenvalue weighted by Gasteiger charge is 2.16. The predicted octanol–water partition coefficient (Wildman–Crippen LogP) is 25.6. The molecule has 0 aromatic carbocycles. The highest BCUT2D eigenvalue weighted by atomic mass is 16.6. The largest absolute Gasteiger partial charge is 0.462 e. The van der Waals surface area contributed by atoms with Gasteiger partial charge in [-0.15, -0.1) is 0 Å². The Morgan fingerprint density at radius 3 is 0.783 bits per heavy atom. The van der Waals surface area contributed by atoms with Crippen molar-refractivity contribution in [2.24, 2.45) is 0 Å². The van der Waals surface area contributed by atoms with E-state index in [0.29, 0.717) is 12.8 Å². The van der Waals surface area contributed by atoms with Gasteiger partial charge in [-0.2, -0.15) is 0 Å². The maximum atomic E-state index is 12.4. The Balaban J connectivity index is 3.43. The van der Waals surface area contributed by atoms with Gasteiger partial charge in [0.05, 0.1) is 6.61 Å². The molecule has 5 nitrogen and oxygen atoms in total. The molecule has 0 aliphatic heterocycles. The van der Waals surface area contributed by atoms with Gasteiger partial charge < -0.3 is 14.6 Å². The van der Waals surface area contributed by atoms with Crippen LogP contribution in [0.25, 0.3) is 0 Å². The summed E-state index contributed by atoms with van der Waals surface area (Å²) in [6.45, 7) is 4.08. The van der Waals surface area contributed by atoms with Crippen molar-refractivity contribution >= 4 is 11.9 Å². The van der Waals surface area contributed by atoms with E-state index in [-0.39, 0.29) is 25.2 Å². The van der Waals surface area contributed by atoms with Gasteiger partial charge >= 0.3 is 11.9 Å². The number of ether oxygens (including phenoxy) is 2. The average molecular weight is 1160 g/mol. The van der Waals surface area contributed by atoms with Crippen LogP contribution >= 0.6 is 0 Å². The molecule has 0 saturated carbocycles. The molecule has 0 aliphatic carbocycles. The minimum atomic E-state index is -0.775. The number of rotatable bonds is 68. The molecule has 0 bridgehead atoms. The lowest BCUT2D eigenvalue weighted by Gasteiger charge is -2.15. The average Bonchev–Trinajstić information content (AvgIpc) is 3.49. The smallest absolute Gasteiger partial charge is 0.306 e. The number of allylic oxidation sites excluding steroid dienone is 14. The van der Waals surface area contributed by atoms with Crippen LogP contribution in [0.5, 0.6) is 0 Å². The van der Waals surface area contributed by atoms with E-state index in [0.717, 1.165) is 83.5 Å². The Labute approximate surface area is 517 Å². The van der Waals surface area contributed by atoms with Crippen LogP contribution in [0, 0.1) is 0 Å². The Morgan fingerprint density at radius 1 is 0.289 bits per heavy atom. The van der Waals surface area contributed by atoms with Gasteiger partial charge in [0.2, 0.25) is 0 Å². The molecule has 0 fully saturated rings. The summed E-state index contributed by atoms with van der Waals surface area (Å²) in [5, 5.41) is 9.71. The number of esters is 2. The van der Waals surface area contributed by atoms with E-state index in [2.05, 4.69) is 98.9 Å². The van der Waals surface area contributed by atoms with Gasteiger partial charge in [0, 0.05) is 12.8 Å². The summed E-state index contributed by atoms with van der Waals surface area (Å²) in [7, 11) is 0. The molecule has 0 aliphatic rings. The molecule has 83 heavy (non-hydrogen) atoms. The van der Waals surface area contributed by atoms with E-state index in [1.807, 2.05) is 0 Å². The van der Waals surface area contributed by atoms with E-state index in [1.54, 1.807) is 0 Å². The lowest BCUT2D eigenvalue weighted by Crippen LogP contribution is -2.28. The Morgan fingerprint density at radius 2 is 0.518 bits per heavy atom. The van der Waals surface area contributed by atoms with Gasteiger partial charge in [0.15, 0.2) is 6.10 Å². The second kappa shape index (κ2) is 73.3. The van der Waals surface area contributed by atoms with Gasteiger partial charge in [-0.05, 0) is 70.6 Å². The maximum Gasteiger partial charge on any atom is 0.306 e. The molecule has 0 aromatic rings. The van der Waals surface area contributed by atoms with Crippen molar-refractivity contribution in [3.63, 3.8) is 0 Å². The van der Waals surface area contributed by atoms with Crippen LogP contribution in [-0.2, 0) is 19.1 Å². The zero-order valence-electron chi connectivity index (χ0n) is 55.5. The summed E-state index contributed by atoms with van der Waals surface area (Å²) >= 11 is 0. The van der Waals surface area contributed by atoms with Crippen molar-refractivity contribution in [1.29, 1.82) is 0 Å². The summed E-state index contributed by atoms with van der Waals surface area (Å²) in [6, 6.07) is 0. The van der Waals surface area contributed by atoms with Crippen LogP contribution in [-0.4, -0.2) is 36.4 Å². The summed E-state index contributed by atoms with van der Waals surface area (Å²) in [4.78, 5) is 24.7. The van der Waals surface area contributed by atoms with Crippen molar-refractivity contribution in [2.75, 3.05) is 13.2 Å². The highest BCUT2D eigenvalue weighted by Crippen LogP contribution is 2.19. The van der Waals surface area contributed by atoms with Crippen molar-refractivity contribution in [2.45, 2.75) is 386 Å². The molecule has 0 heterocycles. The third-order valence-electron chi connectivity index (χ3n) is 16.5. The number of aliphatic hydroxyl groups excluding tert-OH is 1. The van der Waals surface area contributed by atoms with Crippen LogP contribution < -0.4 is 0 Å². The summed E-state index contributed by atoms with van der Waals surface area (Å²) in [5.74, 6) is -0.573. The fourth-order valence-electron chi connectivity index (χ4n) is 11.0. The monoisotopic (exact) mass is 1160 g/mol. The highest BCUT2D eigenvalue weighted by molar-refractivity contribution is 5.70. The van der Waals surface area contributed by atoms with E-state index in [4.69, 9.17) is 9.47 Å². The van der Waals surface area contributed by atoms with Gasteiger partial charge in [0.25, 0.3) is 0 Å². The number of hydrogen-bond donors (Lipinski definition) is 1. The molecule has 0 amide bonds. The normalized spacial score (nSPS) is 12.7. The van der Waals surface area contributed by atoms with Crippen LogP contribution in [0.4, 0.5) is 0 Å². The topological polar surface area (TPSA) is 72.8 Å². The zero-order valence-corrected chi connectivity index (χ0v) is 55.5. The molecule has 1 unspecified atom stereocenters. The first kappa shape index (κ1) is 80.1. The fourth-order valence-corrected chi connectivity index (χ4v) is 11.0. The van der Waals surface area contributed by atoms with Crippen LogP contribution in [0.3, 0.4) is 0 Å². The lowest BCUT2D eigenvalue weighted by atomic mass is 10.0. The van der Waals surface area contributed by atoms with Gasteiger partial charge in [-0.25, -0.2) is 0 Å². The summed E-state index contributed by atoms with van der Waals surface area (Å²) in [5.41, 5.74) is 0. The number of hydrogen-bond acceptors (Lipinski definition) is 5. The summed E-state index contributed by atoms with van der Waals surface area (Å²) in [6.07, 6.45) is 103. The van der Waals surface area contributed by atoms with E-state index in [1.165, 1.54) is 270 Å². The maximum absolute atomic E-state index is 12.4. The van der Waals surface area contributed by atoms with Crippen molar-refractivity contribution in [3.8, 4) is 0 Å². The van der Waals surface area contributed by atoms with E-state index < -0.39 is 6.10 Å². The molecule has 0 rings (SSSR count). The van der Waals surface area contributed by atoms with E-state index in [9.17, 15) is 14.7 Å². The molecular formula is C78H140O5.